The molecule has 0 aliphatic carbocycles. The molecule has 1 aromatic heterocycles. The summed E-state index contributed by atoms with van der Waals surface area (Å²) in [7, 11) is -1.75. The van der Waals surface area contributed by atoms with Gasteiger partial charge in [-0.25, -0.2) is 13.2 Å². The SMILES string of the molecule is Cc1oc(CN(C)C(=O)c2cccc(N3CCCS3(=O)=O)c2)cc1C(=O)O. The van der Waals surface area contributed by atoms with E-state index in [0.717, 1.165) is 0 Å². The van der Waals surface area contributed by atoms with E-state index >= 15 is 0 Å². The van der Waals surface area contributed by atoms with Crippen molar-refractivity contribution >= 4 is 27.6 Å². The number of carbonyl (C=O) groups excluding carboxylic acids is 1. The average Bonchev–Trinajstić information content (AvgIpc) is 3.15. The third-order valence-corrected chi connectivity index (χ3v) is 6.29. The van der Waals surface area contributed by atoms with Crippen molar-refractivity contribution in [3.8, 4) is 0 Å². The Balaban J connectivity index is 1.78. The number of amides is 1. The molecular weight excluding hydrogens is 372 g/mol. The highest BCUT2D eigenvalue weighted by molar-refractivity contribution is 7.93. The van der Waals surface area contributed by atoms with E-state index in [-0.39, 0.29) is 29.5 Å². The predicted molar refractivity (Wildman–Crippen MR) is 98.4 cm³/mol. The first-order valence-electron chi connectivity index (χ1n) is 8.37. The molecule has 1 aliphatic heterocycles. The smallest absolute Gasteiger partial charge is 0.339 e. The number of anilines is 1. The average molecular weight is 392 g/mol. The number of furan rings is 1. The van der Waals surface area contributed by atoms with Gasteiger partial charge in [0.2, 0.25) is 10.0 Å². The van der Waals surface area contributed by atoms with Crippen molar-refractivity contribution in [1.82, 2.24) is 4.90 Å². The van der Waals surface area contributed by atoms with Crippen LogP contribution in [0.4, 0.5) is 5.69 Å². The number of aryl methyl sites for hydroxylation is 1. The van der Waals surface area contributed by atoms with Crippen molar-refractivity contribution < 1.29 is 27.5 Å². The van der Waals surface area contributed by atoms with Crippen LogP contribution in [0.1, 0.15) is 38.7 Å². The van der Waals surface area contributed by atoms with Crippen LogP contribution in [0.15, 0.2) is 34.7 Å². The lowest BCUT2D eigenvalue weighted by Crippen LogP contribution is -2.27. The van der Waals surface area contributed by atoms with E-state index in [1.807, 2.05) is 0 Å². The topological polar surface area (TPSA) is 108 Å². The molecular formula is C18H20N2O6S. The van der Waals surface area contributed by atoms with Crippen LogP contribution < -0.4 is 4.31 Å². The number of carbonyl (C=O) groups is 2. The van der Waals surface area contributed by atoms with Gasteiger partial charge in [-0.2, -0.15) is 0 Å². The van der Waals surface area contributed by atoms with E-state index in [9.17, 15) is 18.0 Å². The fourth-order valence-electron chi connectivity index (χ4n) is 3.08. The number of hydrogen-bond donors (Lipinski definition) is 1. The molecule has 0 atom stereocenters. The number of sulfonamides is 1. The van der Waals surface area contributed by atoms with E-state index in [1.54, 1.807) is 38.2 Å². The van der Waals surface area contributed by atoms with E-state index in [1.165, 1.54) is 15.3 Å². The minimum absolute atomic E-state index is 0.0621. The number of nitrogens with zero attached hydrogens (tertiary/aromatic N) is 2. The highest BCUT2D eigenvalue weighted by Crippen LogP contribution is 2.25. The monoisotopic (exact) mass is 392 g/mol. The summed E-state index contributed by atoms with van der Waals surface area (Å²) < 4.78 is 30.9. The molecule has 27 heavy (non-hydrogen) atoms. The van der Waals surface area contributed by atoms with Gasteiger partial charge in [-0.3, -0.25) is 9.10 Å². The van der Waals surface area contributed by atoms with Gasteiger partial charge in [0.25, 0.3) is 5.91 Å². The normalized spacial score (nSPS) is 15.7. The first-order chi connectivity index (χ1) is 12.7. The molecule has 1 aromatic carbocycles. The molecule has 0 saturated carbocycles. The Morgan fingerprint density at radius 1 is 1.30 bits per heavy atom. The Kier molecular flexibility index (Phi) is 4.97. The van der Waals surface area contributed by atoms with Crippen LogP contribution >= 0.6 is 0 Å². The summed E-state index contributed by atoms with van der Waals surface area (Å²) in [6, 6.07) is 7.87. The highest BCUT2D eigenvalue weighted by atomic mass is 32.2. The molecule has 8 nitrogen and oxygen atoms in total. The Bertz CT molecular complexity index is 995. The maximum atomic E-state index is 12.7. The predicted octanol–water partition coefficient (Wildman–Crippen LogP) is 2.10. The van der Waals surface area contributed by atoms with Gasteiger partial charge < -0.3 is 14.4 Å². The molecule has 9 heteroatoms. The summed E-state index contributed by atoms with van der Waals surface area (Å²) in [4.78, 5) is 25.2. The lowest BCUT2D eigenvalue weighted by atomic mass is 10.1. The Morgan fingerprint density at radius 2 is 2.04 bits per heavy atom. The first kappa shape index (κ1) is 19.0. The largest absolute Gasteiger partial charge is 0.478 e. The molecule has 1 saturated heterocycles. The number of carboxylic acid groups (broad SMARTS) is 1. The van der Waals surface area contributed by atoms with Gasteiger partial charge in [0.1, 0.15) is 17.1 Å². The summed E-state index contributed by atoms with van der Waals surface area (Å²) in [5.41, 5.74) is 0.875. The van der Waals surface area contributed by atoms with Crippen molar-refractivity contribution in [2.45, 2.75) is 19.9 Å². The Morgan fingerprint density at radius 3 is 2.63 bits per heavy atom. The quantitative estimate of drug-likeness (QED) is 0.835. The summed E-state index contributed by atoms with van der Waals surface area (Å²) in [5.74, 6) is -0.663. The lowest BCUT2D eigenvalue weighted by molar-refractivity contribution is 0.0694. The van der Waals surface area contributed by atoms with Gasteiger partial charge in [0.15, 0.2) is 0 Å². The van der Waals surface area contributed by atoms with Gasteiger partial charge >= 0.3 is 5.97 Å². The van der Waals surface area contributed by atoms with Crippen molar-refractivity contribution in [3.63, 3.8) is 0 Å². The number of hydrogen-bond acceptors (Lipinski definition) is 5. The van der Waals surface area contributed by atoms with Gasteiger partial charge in [0.05, 0.1) is 18.0 Å². The van der Waals surface area contributed by atoms with Crippen LogP contribution in [-0.2, 0) is 16.6 Å². The fraction of sp³-hybridized carbons (Fsp3) is 0.333. The van der Waals surface area contributed by atoms with Crippen LogP contribution in [0, 0.1) is 6.92 Å². The van der Waals surface area contributed by atoms with Crippen molar-refractivity contribution in [2.24, 2.45) is 0 Å². The second kappa shape index (κ2) is 7.07. The standard InChI is InChI=1S/C18H20N2O6S/c1-12-16(18(22)23)10-15(26-12)11-19(2)17(21)13-5-3-6-14(9-13)20-7-4-8-27(20,24)25/h3,5-6,9-10H,4,7-8,11H2,1-2H3,(H,22,23). The zero-order valence-corrected chi connectivity index (χ0v) is 15.8. The fourth-order valence-corrected chi connectivity index (χ4v) is 4.64. The number of carboxylic acids is 1. The second-order valence-corrected chi connectivity index (χ2v) is 8.45. The van der Waals surface area contributed by atoms with Crippen molar-refractivity contribution in [1.29, 1.82) is 0 Å². The summed E-state index contributed by atoms with van der Waals surface area (Å²) in [5, 5.41) is 9.08. The molecule has 2 heterocycles. The number of benzene rings is 1. The third-order valence-electron chi connectivity index (χ3n) is 4.42. The molecule has 0 spiro atoms. The zero-order chi connectivity index (χ0) is 19.8. The lowest BCUT2D eigenvalue weighted by Gasteiger charge is -2.19. The molecule has 0 unspecified atom stereocenters. The molecule has 1 fully saturated rings. The Hall–Kier alpha value is -2.81. The van der Waals surface area contributed by atoms with E-state index in [4.69, 9.17) is 9.52 Å². The van der Waals surface area contributed by atoms with E-state index < -0.39 is 16.0 Å². The first-order valence-corrected chi connectivity index (χ1v) is 9.98. The summed E-state index contributed by atoms with van der Waals surface area (Å²) >= 11 is 0. The minimum atomic E-state index is -3.32. The second-order valence-electron chi connectivity index (χ2n) is 6.44. The van der Waals surface area contributed by atoms with Crippen LogP contribution in [0.2, 0.25) is 0 Å². The maximum absolute atomic E-state index is 12.7. The minimum Gasteiger partial charge on any atom is -0.478 e. The van der Waals surface area contributed by atoms with Crippen molar-refractivity contribution in [3.05, 3.63) is 53.0 Å². The van der Waals surface area contributed by atoms with Crippen LogP contribution in [0.5, 0.6) is 0 Å². The molecule has 2 aromatic rings. The maximum Gasteiger partial charge on any atom is 0.339 e. The van der Waals surface area contributed by atoms with E-state index in [0.29, 0.717) is 30.0 Å². The zero-order valence-electron chi connectivity index (χ0n) is 15.0. The summed E-state index contributed by atoms with van der Waals surface area (Å²) in [6.45, 7) is 2.05. The molecule has 1 N–H and O–H groups in total. The highest BCUT2D eigenvalue weighted by Gasteiger charge is 2.29. The van der Waals surface area contributed by atoms with Crippen LogP contribution in [-0.4, -0.2) is 49.6 Å². The third kappa shape index (κ3) is 3.82. The molecule has 0 radical (unpaired) electrons. The van der Waals surface area contributed by atoms with Crippen molar-refractivity contribution in [2.75, 3.05) is 23.7 Å². The van der Waals surface area contributed by atoms with Gasteiger partial charge in [-0.05, 0) is 37.6 Å². The number of rotatable bonds is 5. The number of aromatic carboxylic acids is 1. The molecule has 1 aliphatic rings. The van der Waals surface area contributed by atoms with Gasteiger partial charge in [-0.15, -0.1) is 0 Å². The van der Waals surface area contributed by atoms with Crippen LogP contribution in [0.3, 0.4) is 0 Å². The molecule has 3 rings (SSSR count). The summed E-state index contributed by atoms with van der Waals surface area (Å²) in [6.07, 6.45) is 0.560. The van der Waals surface area contributed by atoms with E-state index in [2.05, 4.69) is 0 Å². The molecule has 144 valence electrons. The Labute approximate surface area is 157 Å². The van der Waals surface area contributed by atoms with Gasteiger partial charge in [0, 0.05) is 19.2 Å². The molecule has 1 amide bonds. The van der Waals surface area contributed by atoms with Crippen LogP contribution in [0.25, 0.3) is 0 Å². The van der Waals surface area contributed by atoms with Gasteiger partial charge in [-0.1, -0.05) is 6.07 Å². The molecule has 0 bridgehead atoms.